The van der Waals surface area contributed by atoms with E-state index in [4.69, 9.17) is 11.8 Å². The van der Waals surface area contributed by atoms with Crippen molar-refractivity contribution in [2.24, 2.45) is 0 Å². The van der Waals surface area contributed by atoms with E-state index in [0.29, 0.717) is 0 Å². The summed E-state index contributed by atoms with van der Waals surface area (Å²) < 4.78 is 0. The van der Waals surface area contributed by atoms with Gasteiger partial charge in [0.1, 0.15) is 0 Å². The predicted molar refractivity (Wildman–Crippen MR) is 60.1 cm³/mol. The molecule has 1 unspecified atom stereocenters. The first-order valence-electron chi connectivity index (χ1n) is 3.57. The van der Waals surface area contributed by atoms with E-state index < -0.39 is 5.90 Å². The van der Waals surface area contributed by atoms with Gasteiger partial charge in [-0.2, -0.15) is 0 Å². The van der Waals surface area contributed by atoms with Gasteiger partial charge in [-0.05, 0) is 17.3 Å². The summed E-state index contributed by atoms with van der Waals surface area (Å²) in [6.07, 6.45) is 1.06. The van der Waals surface area contributed by atoms with Crippen LogP contribution < -0.4 is 5.30 Å². The van der Waals surface area contributed by atoms with E-state index in [1.165, 1.54) is 10.9 Å². The van der Waals surface area contributed by atoms with Crippen LogP contribution >= 0.6 is 18.1 Å². The minimum absolute atomic E-state index is 0. The van der Waals surface area contributed by atoms with Crippen LogP contribution in [0.5, 0.6) is 0 Å². The van der Waals surface area contributed by atoms with Crippen LogP contribution in [0.4, 0.5) is 0 Å². The van der Waals surface area contributed by atoms with Crippen molar-refractivity contribution in [3.63, 3.8) is 0 Å². The molecule has 1 rings (SSSR count). The average Bonchev–Trinajstić information content (AvgIpc) is 2.04. The van der Waals surface area contributed by atoms with Gasteiger partial charge in [-0.25, -0.2) is 0 Å². The third-order valence-corrected chi connectivity index (χ3v) is 3.96. The Morgan fingerprint density at radius 1 is 1.42 bits per heavy atom. The average molecular weight is 294 g/mol. The standard InChI is InChI=1S/C8H11PS2.Zr/c1-2-7-5-3-4-6-8(7)9(10)11;/h3-6,9H,2H2,1H3,(H,10,11);. The Balaban J connectivity index is 0.00000121. The molecule has 0 saturated heterocycles. The Labute approximate surface area is 104 Å². The van der Waals surface area contributed by atoms with Gasteiger partial charge < -0.3 is 0 Å². The summed E-state index contributed by atoms with van der Waals surface area (Å²) >= 11 is 9.49. The molecule has 0 aromatic heterocycles. The second-order valence-corrected chi connectivity index (χ2v) is 6.94. The fraction of sp³-hybridized carbons (Fsp3) is 0.250. The first-order valence-corrected chi connectivity index (χ1v) is 7.49. The van der Waals surface area contributed by atoms with Crippen LogP contribution in [-0.2, 0) is 44.4 Å². The summed E-state index contributed by atoms with van der Waals surface area (Å²) in [5, 5.41) is 1.28. The minimum Gasteiger partial charge on any atom is -0.140 e. The zero-order valence-electron chi connectivity index (χ0n) is 6.87. The van der Waals surface area contributed by atoms with Crippen LogP contribution in [0.15, 0.2) is 24.3 Å². The summed E-state index contributed by atoms with van der Waals surface area (Å²) in [5.74, 6) is -0.976. The van der Waals surface area contributed by atoms with Gasteiger partial charge in [0.05, 0.1) is 0 Å². The van der Waals surface area contributed by atoms with Gasteiger partial charge in [-0.3, -0.25) is 0 Å². The van der Waals surface area contributed by atoms with Crippen LogP contribution in [0.25, 0.3) is 0 Å². The molecule has 0 fully saturated rings. The SMILES string of the molecule is CCc1ccccc1[PH](=S)S.[Zr]. The Morgan fingerprint density at radius 3 is 2.42 bits per heavy atom. The number of thiol groups is 1. The van der Waals surface area contributed by atoms with E-state index in [2.05, 4.69) is 37.4 Å². The molecule has 12 heavy (non-hydrogen) atoms. The third-order valence-electron chi connectivity index (χ3n) is 1.63. The van der Waals surface area contributed by atoms with Crippen LogP contribution in [0.3, 0.4) is 0 Å². The fourth-order valence-electron chi connectivity index (χ4n) is 1.04. The Kier molecular flexibility index (Phi) is 7.14. The molecule has 0 aliphatic rings. The summed E-state index contributed by atoms with van der Waals surface area (Å²) in [7, 11) is 0. The maximum absolute atomic E-state index is 5.17. The van der Waals surface area contributed by atoms with Crippen molar-refractivity contribution < 1.29 is 26.2 Å². The van der Waals surface area contributed by atoms with E-state index in [-0.39, 0.29) is 26.2 Å². The van der Waals surface area contributed by atoms with Gasteiger partial charge >= 0.3 is 0 Å². The molecular formula is C8H11PS2Zr. The zero-order valence-corrected chi connectivity index (χ0v) is 12.0. The van der Waals surface area contributed by atoms with Crippen molar-refractivity contribution in [1.29, 1.82) is 0 Å². The van der Waals surface area contributed by atoms with E-state index in [9.17, 15) is 0 Å². The number of rotatable bonds is 2. The van der Waals surface area contributed by atoms with Gasteiger partial charge in [-0.1, -0.05) is 43.0 Å². The number of benzene rings is 1. The van der Waals surface area contributed by atoms with Gasteiger partial charge in [-0.15, -0.1) is 12.2 Å². The number of hydrogen-bond acceptors (Lipinski definition) is 1. The fourth-order valence-corrected chi connectivity index (χ4v) is 3.06. The van der Waals surface area contributed by atoms with Crippen LogP contribution in [0.1, 0.15) is 12.5 Å². The molecule has 4 heteroatoms. The molecule has 0 aliphatic heterocycles. The van der Waals surface area contributed by atoms with E-state index in [1.54, 1.807) is 0 Å². The van der Waals surface area contributed by atoms with Crippen molar-refractivity contribution in [1.82, 2.24) is 0 Å². The van der Waals surface area contributed by atoms with Crippen LogP contribution in [-0.4, -0.2) is 0 Å². The maximum Gasteiger partial charge on any atom is 0.0190 e. The largest absolute Gasteiger partial charge is 0.140 e. The molecule has 0 aliphatic carbocycles. The first kappa shape index (κ1) is 13.1. The summed E-state index contributed by atoms with van der Waals surface area (Å²) in [6, 6.07) is 8.30. The first-order chi connectivity index (χ1) is 5.25. The third kappa shape index (κ3) is 3.46. The second kappa shape index (κ2) is 6.54. The maximum atomic E-state index is 5.17. The molecule has 64 valence electrons. The van der Waals surface area contributed by atoms with Gasteiger partial charge in [0, 0.05) is 32.1 Å². The number of hydrogen-bond donors (Lipinski definition) is 1. The molecule has 0 N–H and O–H groups in total. The monoisotopic (exact) mass is 292 g/mol. The Bertz CT molecular complexity index is 276. The molecule has 0 saturated carbocycles. The van der Waals surface area contributed by atoms with Crippen LogP contribution in [0, 0.1) is 0 Å². The quantitative estimate of drug-likeness (QED) is 0.645. The van der Waals surface area contributed by atoms with Gasteiger partial charge in [0.25, 0.3) is 0 Å². The number of aryl methyl sites for hydroxylation is 1. The van der Waals surface area contributed by atoms with E-state index in [1.807, 2.05) is 6.07 Å². The molecule has 0 heterocycles. The molecule has 0 spiro atoms. The van der Waals surface area contributed by atoms with Crippen molar-refractivity contribution in [3.05, 3.63) is 29.8 Å². The summed E-state index contributed by atoms with van der Waals surface area (Å²) in [4.78, 5) is 0. The van der Waals surface area contributed by atoms with Crippen molar-refractivity contribution in [2.75, 3.05) is 0 Å². The van der Waals surface area contributed by atoms with E-state index >= 15 is 0 Å². The van der Waals surface area contributed by atoms with Gasteiger partial charge in [0.2, 0.25) is 0 Å². The van der Waals surface area contributed by atoms with Crippen molar-refractivity contribution in [3.8, 4) is 0 Å². The molecule has 1 aromatic carbocycles. The Hall–Kier alpha value is 1.10. The van der Waals surface area contributed by atoms with Crippen molar-refractivity contribution >= 4 is 35.3 Å². The smallest absolute Gasteiger partial charge is 0.0190 e. The topological polar surface area (TPSA) is 0 Å². The normalized spacial score (nSPS) is 11.8. The molecule has 1 aromatic rings. The Morgan fingerprint density at radius 2 is 2.00 bits per heavy atom. The van der Waals surface area contributed by atoms with Crippen LogP contribution in [0.2, 0.25) is 0 Å². The van der Waals surface area contributed by atoms with E-state index in [0.717, 1.165) is 6.42 Å². The van der Waals surface area contributed by atoms with Gasteiger partial charge in [0.15, 0.2) is 0 Å². The molecule has 0 nitrogen and oxygen atoms in total. The molecular weight excluding hydrogens is 282 g/mol. The molecule has 0 radical (unpaired) electrons. The second-order valence-electron chi connectivity index (χ2n) is 2.32. The minimum atomic E-state index is -0.976. The summed E-state index contributed by atoms with van der Waals surface area (Å²) in [6.45, 7) is 2.15. The zero-order chi connectivity index (χ0) is 8.27. The molecule has 1 atom stereocenters. The molecule has 0 amide bonds. The predicted octanol–water partition coefficient (Wildman–Crippen LogP) is 2.39. The molecule has 0 bridgehead atoms. The van der Waals surface area contributed by atoms with Crippen molar-refractivity contribution in [2.45, 2.75) is 13.3 Å². The summed E-state index contributed by atoms with van der Waals surface area (Å²) in [5.41, 5.74) is 1.35.